The smallest absolute Gasteiger partial charge is 0.248 e. The van der Waals surface area contributed by atoms with E-state index in [2.05, 4.69) is 5.32 Å². The lowest BCUT2D eigenvalue weighted by Crippen LogP contribution is -2.09. The maximum Gasteiger partial charge on any atom is 0.248 e. The van der Waals surface area contributed by atoms with E-state index in [1.165, 1.54) is 6.08 Å². The van der Waals surface area contributed by atoms with Gasteiger partial charge in [0.1, 0.15) is 30.5 Å². The Morgan fingerprint density at radius 3 is 2.14 bits per heavy atom. The third kappa shape index (κ3) is 6.43. The van der Waals surface area contributed by atoms with E-state index in [-0.39, 0.29) is 5.91 Å². The summed E-state index contributed by atoms with van der Waals surface area (Å²) in [5.41, 5.74) is 1.53. The number of benzene rings is 3. The fourth-order valence-electron chi connectivity index (χ4n) is 2.62. The van der Waals surface area contributed by atoms with Crippen molar-refractivity contribution in [1.29, 1.82) is 0 Å². The summed E-state index contributed by atoms with van der Waals surface area (Å²) in [4.78, 5) is 12.1. The average Bonchev–Trinajstić information content (AvgIpc) is 2.77. The zero-order valence-corrected chi connectivity index (χ0v) is 16.2. The number of rotatable bonds is 9. The van der Waals surface area contributed by atoms with E-state index < -0.39 is 0 Å². The largest absolute Gasteiger partial charge is 0.496 e. The molecule has 0 saturated carbocycles. The second-order valence-electron chi connectivity index (χ2n) is 6.10. The van der Waals surface area contributed by atoms with Crippen LogP contribution in [0.15, 0.2) is 84.9 Å². The molecule has 0 bridgehead atoms. The Balaban J connectivity index is 1.44. The Morgan fingerprint density at radius 2 is 1.45 bits per heavy atom. The van der Waals surface area contributed by atoms with Crippen molar-refractivity contribution < 1.29 is 19.0 Å². The second kappa shape index (κ2) is 10.6. The van der Waals surface area contributed by atoms with Gasteiger partial charge in [-0.1, -0.05) is 36.4 Å². The van der Waals surface area contributed by atoms with E-state index in [9.17, 15) is 4.79 Å². The van der Waals surface area contributed by atoms with Gasteiger partial charge in [-0.25, -0.2) is 0 Å². The highest BCUT2D eigenvalue weighted by Crippen LogP contribution is 2.19. The quantitative estimate of drug-likeness (QED) is 0.422. The van der Waals surface area contributed by atoms with Gasteiger partial charge in [-0.15, -0.1) is 0 Å². The Hall–Kier alpha value is -3.73. The maximum atomic E-state index is 12.1. The van der Waals surface area contributed by atoms with Crippen molar-refractivity contribution >= 4 is 17.7 Å². The molecule has 148 valence electrons. The van der Waals surface area contributed by atoms with E-state index in [1.807, 2.05) is 66.7 Å². The SMILES string of the molecule is COc1ccccc1/C=C/C(=O)Nc1ccc(OCCOc2ccccc2)cc1. The van der Waals surface area contributed by atoms with Crippen LogP contribution in [0.2, 0.25) is 0 Å². The van der Waals surface area contributed by atoms with Gasteiger partial charge in [0.15, 0.2) is 0 Å². The molecule has 0 aliphatic carbocycles. The van der Waals surface area contributed by atoms with Gasteiger partial charge in [0, 0.05) is 17.3 Å². The normalized spacial score (nSPS) is 10.5. The molecule has 0 aromatic heterocycles. The summed E-state index contributed by atoms with van der Waals surface area (Å²) in [6.07, 6.45) is 3.20. The van der Waals surface area contributed by atoms with Crippen molar-refractivity contribution in [1.82, 2.24) is 0 Å². The third-order valence-electron chi connectivity index (χ3n) is 4.04. The lowest BCUT2D eigenvalue weighted by Gasteiger charge is -2.09. The topological polar surface area (TPSA) is 56.8 Å². The lowest BCUT2D eigenvalue weighted by atomic mass is 10.2. The van der Waals surface area contributed by atoms with Gasteiger partial charge in [0.2, 0.25) is 5.91 Å². The molecule has 0 atom stereocenters. The maximum absolute atomic E-state index is 12.1. The van der Waals surface area contributed by atoms with Crippen molar-refractivity contribution in [2.24, 2.45) is 0 Å². The van der Waals surface area contributed by atoms with Crippen molar-refractivity contribution in [2.75, 3.05) is 25.6 Å². The monoisotopic (exact) mass is 389 g/mol. The molecule has 3 rings (SSSR count). The van der Waals surface area contributed by atoms with E-state index in [0.717, 1.165) is 11.3 Å². The van der Waals surface area contributed by atoms with Crippen LogP contribution in [0.1, 0.15) is 5.56 Å². The van der Waals surface area contributed by atoms with Crippen LogP contribution in [0, 0.1) is 0 Å². The Bertz CT molecular complexity index is 937. The molecule has 5 heteroatoms. The highest BCUT2D eigenvalue weighted by atomic mass is 16.5. The molecular formula is C24H23NO4. The van der Waals surface area contributed by atoms with Crippen molar-refractivity contribution in [3.05, 3.63) is 90.5 Å². The van der Waals surface area contributed by atoms with Crippen LogP contribution >= 0.6 is 0 Å². The van der Waals surface area contributed by atoms with Crippen LogP contribution in [0.5, 0.6) is 17.2 Å². The molecule has 0 unspecified atom stereocenters. The fraction of sp³-hybridized carbons (Fsp3) is 0.125. The zero-order chi connectivity index (χ0) is 20.3. The molecule has 0 radical (unpaired) electrons. The van der Waals surface area contributed by atoms with Gasteiger partial charge in [-0.05, 0) is 48.5 Å². The Kier molecular flexibility index (Phi) is 7.29. The number of ether oxygens (including phenoxy) is 3. The molecule has 1 N–H and O–H groups in total. The third-order valence-corrected chi connectivity index (χ3v) is 4.04. The summed E-state index contributed by atoms with van der Waals surface area (Å²) >= 11 is 0. The molecule has 0 aliphatic rings. The summed E-state index contributed by atoms with van der Waals surface area (Å²) in [5.74, 6) is 2.02. The van der Waals surface area contributed by atoms with Gasteiger partial charge < -0.3 is 19.5 Å². The van der Waals surface area contributed by atoms with Crippen LogP contribution in [0.3, 0.4) is 0 Å². The first kappa shape index (κ1) is 20.0. The molecule has 0 saturated heterocycles. The van der Waals surface area contributed by atoms with Crippen molar-refractivity contribution in [2.45, 2.75) is 0 Å². The standard InChI is InChI=1S/C24H23NO4/c1-27-23-10-6-5-7-19(23)11-16-24(26)25-20-12-14-22(15-13-20)29-18-17-28-21-8-3-2-4-9-21/h2-16H,17-18H2,1H3,(H,25,26)/b16-11+. The van der Waals surface area contributed by atoms with E-state index >= 15 is 0 Å². The summed E-state index contributed by atoms with van der Waals surface area (Å²) in [5, 5.41) is 2.82. The number of hydrogen-bond acceptors (Lipinski definition) is 4. The molecular weight excluding hydrogens is 366 g/mol. The lowest BCUT2D eigenvalue weighted by molar-refractivity contribution is -0.111. The molecule has 1 amide bonds. The molecule has 0 fully saturated rings. The molecule has 29 heavy (non-hydrogen) atoms. The van der Waals surface area contributed by atoms with E-state index in [0.29, 0.717) is 30.4 Å². The van der Waals surface area contributed by atoms with Crippen LogP contribution in [0.4, 0.5) is 5.69 Å². The molecule has 5 nitrogen and oxygen atoms in total. The van der Waals surface area contributed by atoms with E-state index in [1.54, 1.807) is 25.3 Å². The zero-order valence-electron chi connectivity index (χ0n) is 16.2. The predicted octanol–water partition coefficient (Wildman–Crippen LogP) is 4.80. The Morgan fingerprint density at radius 1 is 0.828 bits per heavy atom. The second-order valence-corrected chi connectivity index (χ2v) is 6.10. The van der Waals surface area contributed by atoms with Crippen LogP contribution < -0.4 is 19.5 Å². The molecule has 3 aromatic carbocycles. The van der Waals surface area contributed by atoms with Crippen LogP contribution in [0.25, 0.3) is 6.08 Å². The first-order valence-electron chi connectivity index (χ1n) is 9.27. The number of nitrogens with one attached hydrogen (secondary N) is 1. The fourth-order valence-corrected chi connectivity index (χ4v) is 2.62. The first-order chi connectivity index (χ1) is 14.2. The summed E-state index contributed by atoms with van der Waals surface area (Å²) in [6, 6.07) is 24.3. The minimum atomic E-state index is -0.221. The van der Waals surface area contributed by atoms with Crippen molar-refractivity contribution in [3.8, 4) is 17.2 Å². The average molecular weight is 389 g/mol. The minimum absolute atomic E-state index is 0.221. The predicted molar refractivity (Wildman–Crippen MR) is 115 cm³/mol. The molecule has 0 spiro atoms. The first-order valence-corrected chi connectivity index (χ1v) is 9.27. The van der Waals surface area contributed by atoms with Gasteiger partial charge >= 0.3 is 0 Å². The summed E-state index contributed by atoms with van der Waals surface area (Å²) < 4.78 is 16.5. The Labute approximate surface area is 170 Å². The van der Waals surface area contributed by atoms with Crippen LogP contribution in [-0.2, 0) is 4.79 Å². The van der Waals surface area contributed by atoms with Gasteiger partial charge in [0.05, 0.1) is 7.11 Å². The van der Waals surface area contributed by atoms with Gasteiger partial charge in [0.25, 0.3) is 0 Å². The number of amides is 1. The number of para-hydroxylation sites is 2. The molecule has 0 aliphatic heterocycles. The minimum Gasteiger partial charge on any atom is -0.496 e. The highest BCUT2D eigenvalue weighted by molar-refractivity contribution is 6.02. The summed E-state index contributed by atoms with van der Waals surface area (Å²) in [7, 11) is 1.60. The highest BCUT2D eigenvalue weighted by Gasteiger charge is 2.02. The van der Waals surface area contributed by atoms with Gasteiger partial charge in [-0.3, -0.25) is 4.79 Å². The number of carbonyl (C=O) groups is 1. The number of anilines is 1. The summed E-state index contributed by atoms with van der Waals surface area (Å²) in [6.45, 7) is 0.887. The molecule has 0 heterocycles. The van der Waals surface area contributed by atoms with Crippen LogP contribution in [-0.4, -0.2) is 26.2 Å². The van der Waals surface area contributed by atoms with E-state index in [4.69, 9.17) is 14.2 Å². The molecule has 3 aromatic rings. The van der Waals surface area contributed by atoms with Gasteiger partial charge in [-0.2, -0.15) is 0 Å². The number of carbonyl (C=O) groups excluding carboxylic acids is 1. The van der Waals surface area contributed by atoms with Crippen molar-refractivity contribution in [3.63, 3.8) is 0 Å². The number of methoxy groups -OCH3 is 1. The number of hydrogen-bond donors (Lipinski definition) is 1.